The second-order valence-electron chi connectivity index (χ2n) is 5.44. The molecule has 0 bridgehead atoms. The van der Waals surface area contributed by atoms with Gasteiger partial charge in [-0.05, 0) is 46.9 Å². The molecule has 0 radical (unpaired) electrons. The van der Waals surface area contributed by atoms with Gasteiger partial charge in [0.05, 0.1) is 0 Å². The topological polar surface area (TPSA) is 17.1 Å². The van der Waals surface area contributed by atoms with E-state index in [2.05, 4.69) is 30.3 Å². The van der Waals surface area contributed by atoms with Crippen LogP contribution in [0.15, 0.2) is 71.8 Å². The molecule has 0 aromatic heterocycles. The predicted octanol–water partition coefficient (Wildman–Crippen LogP) is 4.52. The van der Waals surface area contributed by atoms with Gasteiger partial charge in [0, 0.05) is 11.1 Å². The number of carbonyl (C=O) groups excluding carboxylic acids is 1. The molecule has 0 unspecified atom stereocenters. The van der Waals surface area contributed by atoms with Crippen LogP contribution >= 0.6 is 0 Å². The van der Waals surface area contributed by atoms with Crippen LogP contribution in [0.5, 0.6) is 0 Å². The number of carbonyl (C=O) groups is 1. The monoisotopic (exact) mass is 270 g/mol. The number of hydrogen-bond acceptors (Lipinski definition) is 1. The van der Waals surface area contributed by atoms with E-state index in [0.717, 1.165) is 39.0 Å². The van der Waals surface area contributed by atoms with Crippen LogP contribution in [0.3, 0.4) is 0 Å². The van der Waals surface area contributed by atoms with Gasteiger partial charge < -0.3 is 0 Å². The molecule has 0 heterocycles. The molecule has 1 heteroatoms. The SMILES string of the molecule is CC1=C(c2ccccc2)C=C2C(=Cc3ccccc32)C1=O. The summed E-state index contributed by atoms with van der Waals surface area (Å²) in [6.45, 7) is 1.92. The average molecular weight is 270 g/mol. The van der Waals surface area contributed by atoms with Gasteiger partial charge in [-0.25, -0.2) is 0 Å². The minimum absolute atomic E-state index is 0.141. The largest absolute Gasteiger partial charge is 0.289 e. The molecule has 2 aromatic rings. The first kappa shape index (κ1) is 12.1. The van der Waals surface area contributed by atoms with Gasteiger partial charge >= 0.3 is 0 Å². The van der Waals surface area contributed by atoms with Gasteiger partial charge in [0.2, 0.25) is 0 Å². The summed E-state index contributed by atoms with van der Waals surface area (Å²) in [4.78, 5) is 12.7. The first-order valence-electron chi connectivity index (χ1n) is 7.10. The van der Waals surface area contributed by atoms with E-state index in [1.165, 1.54) is 0 Å². The Morgan fingerprint density at radius 1 is 0.762 bits per heavy atom. The first-order valence-corrected chi connectivity index (χ1v) is 7.10. The highest BCUT2D eigenvalue weighted by molar-refractivity contribution is 6.30. The molecule has 0 N–H and O–H groups in total. The minimum Gasteiger partial charge on any atom is -0.289 e. The maximum absolute atomic E-state index is 12.7. The molecular weight excluding hydrogens is 256 g/mol. The number of rotatable bonds is 1. The Hall–Kier alpha value is -2.67. The van der Waals surface area contributed by atoms with Gasteiger partial charge in [0.15, 0.2) is 5.78 Å². The molecule has 2 aliphatic rings. The second-order valence-corrected chi connectivity index (χ2v) is 5.44. The van der Waals surface area contributed by atoms with Crippen LogP contribution in [0.25, 0.3) is 17.2 Å². The van der Waals surface area contributed by atoms with E-state index in [9.17, 15) is 4.79 Å². The average Bonchev–Trinajstić information content (AvgIpc) is 2.90. The number of Topliss-reactive ketones (excluding diaryl/α,β-unsaturated/α-hetero) is 1. The molecule has 0 saturated carbocycles. The Balaban J connectivity index is 1.94. The zero-order chi connectivity index (χ0) is 14.4. The van der Waals surface area contributed by atoms with Crippen molar-refractivity contribution in [3.8, 4) is 0 Å². The third kappa shape index (κ3) is 1.74. The van der Waals surface area contributed by atoms with Gasteiger partial charge in [-0.15, -0.1) is 0 Å². The van der Waals surface area contributed by atoms with Crippen molar-refractivity contribution in [3.05, 3.63) is 88.5 Å². The Labute approximate surface area is 123 Å². The number of ketones is 1. The van der Waals surface area contributed by atoms with Crippen LogP contribution < -0.4 is 0 Å². The molecule has 0 spiro atoms. The Morgan fingerprint density at radius 3 is 2.29 bits per heavy atom. The van der Waals surface area contributed by atoms with Crippen molar-refractivity contribution < 1.29 is 4.79 Å². The van der Waals surface area contributed by atoms with Gasteiger partial charge in [-0.2, -0.15) is 0 Å². The highest BCUT2D eigenvalue weighted by Crippen LogP contribution is 2.42. The minimum atomic E-state index is 0.141. The zero-order valence-corrected chi connectivity index (χ0v) is 11.8. The van der Waals surface area contributed by atoms with Crippen LogP contribution in [0, 0.1) is 0 Å². The lowest BCUT2D eigenvalue weighted by atomic mass is 9.85. The van der Waals surface area contributed by atoms with E-state index < -0.39 is 0 Å². The molecule has 2 aliphatic carbocycles. The Kier molecular flexibility index (Phi) is 2.55. The lowest BCUT2D eigenvalue weighted by Crippen LogP contribution is -2.10. The quantitative estimate of drug-likeness (QED) is 0.744. The summed E-state index contributed by atoms with van der Waals surface area (Å²) in [7, 11) is 0. The maximum atomic E-state index is 12.7. The van der Waals surface area contributed by atoms with Crippen LogP contribution in [-0.4, -0.2) is 5.78 Å². The van der Waals surface area contributed by atoms with Gasteiger partial charge in [-0.3, -0.25) is 4.79 Å². The van der Waals surface area contributed by atoms with Crippen LogP contribution in [0.4, 0.5) is 0 Å². The highest BCUT2D eigenvalue weighted by atomic mass is 16.1. The molecule has 100 valence electrons. The van der Waals surface area contributed by atoms with E-state index in [1.54, 1.807) is 0 Å². The summed E-state index contributed by atoms with van der Waals surface area (Å²) in [5.41, 5.74) is 7.12. The van der Waals surface area contributed by atoms with Crippen LogP contribution in [-0.2, 0) is 4.79 Å². The number of benzene rings is 2. The van der Waals surface area contributed by atoms with E-state index >= 15 is 0 Å². The molecule has 1 nitrogen and oxygen atoms in total. The van der Waals surface area contributed by atoms with Gasteiger partial charge in [0.1, 0.15) is 0 Å². The maximum Gasteiger partial charge on any atom is 0.189 e. The lowest BCUT2D eigenvalue weighted by molar-refractivity contribution is -0.111. The molecule has 0 amide bonds. The van der Waals surface area contributed by atoms with Crippen LogP contribution in [0.2, 0.25) is 0 Å². The Bertz CT molecular complexity index is 848. The normalized spacial score (nSPS) is 16.3. The summed E-state index contributed by atoms with van der Waals surface area (Å²) in [6.07, 6.45) is 4.17. The molecule has 0 atom stereocenters. The van der Waals surface area contributed by atoms with Crippen molar-refractivity contribution in [1.82, 2.24) is 0 Å². The molecule has 0 aliphatic heterocycles. The standard InChI is InChI=1S/C20H14O/c1-13-17(14-7-3-2-4-8-14)12-18-16-10-6-5-9-15(16)11-19(18)20(13)21/h2-12H,1H3. The Morgan fingerprint density at radius 2 is 1.48 bits per heavy atom. The van der Waals surface area contributed by atoms with E-state index in [0.29, 0.717) is 0 Å². The number of allylic oxidation sites excluding steroid dienone is 5. The van der Waals surface area contributed by atoms with Gasteiger partial charge in [0.25, 0.3) is 0 Å². The highest BCUT2D eigenvalue weighted by Gasteiger charge is 2.29. The zero-order valence-electron chi connectivity index (χ0n) is 11.8. The number of fused-ring (bicyclic) bond motifs is 3. The molecule has 4 rings (SSSR count). The van der Waals surface area contributed by atoms with Gasteiger partial charge in [-0.1, -0.05) is 54.6 Å². The third-order valence-corrected chi connectivity index (χ3v) is 4.20. The fourth-order valence-electron chi connectivity index (χ4n) is 3.08. The summed E-state index contributed by atoms with van der Waals surface area (Å²) < 4.78 is 0. The third-order valence-electron chi connectivity index (χ3n) is 4.20. The van der Waals surface area contributed by atoms with Crippen molar-refractivity contribution in [1.29, 1.82) is 0 Å². The second kappa shape index (κ2) is 4.42. The molecular formula is C20H14O. The van der Waals surface area contributed by atoms with Crippen molar-refractivity contribution >= 4 is 23.0 Å². The fourth-order valence-corrected chi connectivity index (χ4v) is 3.08. The smallest absolute Gasteiger partial charge is 0.189 e. The summed E-state index contributed by atoms with van der Waals surface area (Å²) in [6, 6.07) is 18.3. The first-order chi connectivity index (χ1) is 10.3. The summed E-state index contributed by atoms with van der Waals surface area (Å²) >= 11 is 0. The van der Waals surface area contributed by atoms with Crippen LogP contribution in [0.1, 0.15) is 23.6 Å². The summed E-state index contributed by atoms with van der Waals surface area (Å²) in [5.74, 6) is 0.141. The fraction of sp³-hybridized carbons (Fsp3) is 0.0500. The molecule has 0 fully saturated rings. The molecule has 0 saturated heterocycles. The van der Waals surface area contributed by atoms with Crippen molar-refractivity contribution in [2.45, 2.75) is 6.92 Å². The van der Waals surface area contributed by atoms with Crippen molar-refractivity contribution in [3.63, 3.8) is 0 Å². The lowest BCUT2D eigenvalue weighted by Gasteiger charge is -2.17. The van der Waals surface area contributed by atoms with E-state index in [-0.39, 0.29) is 5.78 Å². The number of hydrogen-bond donors (Lipinski definition) is 0. The molecule has 21 heavy (non-hydrogen) atoms. The van der Waals surface area contributed by atoms with E-state index in [1.807, 2.05) is 43.3 Å². The van der Waals surface area contributed by atoms with Crippen molar-refractivity contribution in [2.75, 3.05) is 0 Å². The summed E-state index contributed by atoms with van der Waals surface area (Å²) in [5, 5.41) is 0. The van der Waals surface area contributed by atoms with Crippen molar-refractivity contribution in [2.24, 2.45) is 0 Å². The predicted molar refractivity (Wildman–Crippen MR) is 86.4 cm³/mol. The van der Waals surface area contributed by atoms with E-state index in [4.69, 9.17) is 0 Å². The molecule has 2 aromatic carbocycles.